The average Bonchev–Trinajstić information content (AvgIpc) is 3.17. The van der Waals surface area contributed by atoms with Crippen molar-refractivity contribution in [1.29, 1.82) is 0 Å². The number of fused-ring (bicyclic) bond motifs is 1. The zero-order chi connectivity index (χ0) is 19.3. The topological polar surface area (TPSA) is 55.2 Å². The summed E-state index contributed by atoms with van der Waals surface area (Å²) in [6, 6.07) is 14.1. The van der Waals surface area contributed by atoms with Crippen LogP contribution in [-0.2, 0) is 11.3 Å². The highest BCUT2D eigenvalue weighted by atomic mass is 16.7. The quantitative estimate of drug-likeness (QED) is 0.803. The van der Waals surface area contributed by atoms with Gasteiger partial charge < -0.3 is 24.6 Å². The van der Waals surface area contributed by atoms with E-state index in [0.717, 1.165) is 47.3 Å². The third-order valence-corrected chi connectivity index (χ3v) is 5.28. The molecule has 148 valence electrons. The van der Waals surface area contributed by atoms with Gasteiger partial charge in [0.15, 0.2) is 18.0 Å². The molecule has 2 N–H and O–H groups in total. The standard InChI is InChI=1S/C22H27N3O3/c1-24(14-17-5-10-20-21(13-17)28-16-27-20)15-22(26)23-18-6-8-19(9-7-18)25-11-3-2-4-12-25/h5-10,13H,2-4,11-12,14-16H2,1H3,(H,23,26)/p+1. The van der Waals surface area contributed by atoms with Gasteiger partial charge in [-0.25, -0.2) is 0 Å². The minimum atomic E-state index is 0.0176. The number of likely N-dealkylation sites (N-methyl/N-ethyl adjacent to an activating group) is 1. The van der Waals surface area contributed by atoms with Crippen molar-refractivity contribution < 1.29 is 19.2 Å². The van der Waals surface area contributed by atoms with Crippen LogP contribution in [0.1, 0.15) is 24.8 Å². The summed E-state index contributed by atoms with van der Waals surface area (Å²) in [6.07, 6.45) is 3.85. The first-order valence-electron chi connectivity index (χ1n) is 10.0. The predicted molar refractivity (Wildman–Crippen MR) is 109 cm³/mol. The Labute approximate surface area is 166 Å². The van der Waals surface area contributed by atoms with Crippen molar-refractivity contribution in [2.75, 3.05) is 43.7 Å². The van der Waals surface area contributed by atoms with Crippen LogP contribution in [0.25, 0.3) is 0 Å². The molecule has 1 saturated heterocycles. The highest BCUT2D eigenvalue weighted by Crippen LogP contribution is 2.32. The number of hydrogen-bond acceptors (Lipinski definition) is 4. The number of quaternary nitrogens is 1. The summed E-state index contributed by atoms with van der Waals surface area (Å²) in [5.41, 5.74) is 3.21. The molecule has 0 spiro atoms. The Hall–Kier alpha value is -2.73. The smallest absolute Gasteiger partial charge is 0.279 e. The molecule has 1 fully saturated rings. The van der Waals surface area contributed by atoms with Gasteiger partial charge >= 0.3 is 0 Å². The number of nitrogens with zero attached hydrogens (tertiary/aromatic N) is 1. The van der Waals surface area contributed by atoms with Gasteiger partial charge in [0.05, 0.1) is 7.05 Å². The first-order chi connectivity index (χ1) is 13.7. The van der Waals surface area contributed by atoms with Crippen molar-refractivity contribution in [2.45, 2.75) is 25.8 Å². The molecule has 1 amide bonds. The van der Waals surface area contributed by atoms with Crippen LogP contribution < -0.4 is 24.6 Å². The summed E-state index contributed by atoms with van der Waals surface area (Å²) in [5, 5.41) is 3.01. The van der Waals surface area contributed by atoms with Gasteiger partial charge in [-0.3, -0.25) is 4.79 Å². The second kappa shape index (κ2) is 8.52. The Kier molecular flexibility index (Phi) is 5.67. The van der Waals surface area contributed by atoms with Crippen LogP contribution in [0.2, 0.25) is 0 Å². The molecule has 2 aliphatic heterocycles. The third-order valence-electron chi connectivity index (χ3n) is 5.28. The maximum atomic E-state index is 12.4. The first kappa shape index (κ1) is 18.6. The summed E-state index contributed by atoms with van der Waals surface area (Å²) >= 11 is 0. The molecule has 1 unspecified atom stereocenters. The van der Waals surface area contributed by atoms with Crippen molar-refractivity contribution in [3.63, 3.8) is 0 Å². The van der Waals surface area contributed by atoms with E-state index in [4.69, 9.17) is 9.47 Å². The van der Waals surface area contributed by atoms with Crippen LogP contribution in [0, 0.1) is 0 Å². The van der Waals surface area contributed by atoms with Crippen molar-refractivity contribution in [1.82, 2.24) is 0 Å². The number of anilines is 2. The van der Waals surface area contributed by atoms with E-state index in [1.165, 1.54) is 24.9 Å². The zero-order valence-electron chi connectivity index (χ0n) is 16.4. The minimum absolute atomic E-state index is 0.0176. The highest BCUT2D eigenvalue weighted by molar-refractivity contribution is 5.91. The van der Waals surface area contributed by atoms with Gasteiger partial charge in [0.2, 0.25) is 6.79 Å². The number of amides is 1. The lowest BCUT2D eigenvalue weighted by atomic mass is 10.1. The maximum Gasteiger partial charge on any atom is 0.279 e. The Balaban J connectivity index is 1.27. The molecule has 0 aromatic heterocycles. The molecule has 2 aromatic rings. The SMILES string of the molecule is C[NH+](CC(=O)Nc1ccc(N2CCCCC2)cc1)Cc1ccc2c(c1)OCO2. The fourth-order valence-electron chi connectivity index (χ4n) is 3.85. The highest BCUT2D eigenvalue weighted by Gasteiger charge is 2.16. The largest absolute Gasteiger partial charge is 0.454 e. The summed E-state index contributed by atoms with van der Waals surface area (Å²) < 4.78 is 10.8. The molecular formula is C22H28N3O3+. The predicted octanol–water partition coefficient (Wildman–Crippen LogP) is 2.06. The zero-order valence-corrected chi connectivity index (χ0v) is 16.4. The van der Waals surface area contributed by atoms with E-state index in [1.54, 1.807) is 0 Å². The number of nitrogens with one attached hydrogen (secondary N) is 2. The van der Waals surface area contributed by atoms with Gasteiger partial charge in [-0.2, -0.15) is 0 Å². The molecule has 2 aromatic carbocycles. The number of rotatable bonds is 6. The van der Waals surface area contributed by atoms with Gasteiger partial charge in [0, 0.05) is 30.0 Å². The molecule has 0 aliphatic carbocycles. The minimum Gasteiger partial charge on any atom is -0.454 e. The Morgan fingerprint density at radius 2 is 1.79 bits per heavy atom. The number of hydrogen-bond donors (Lipinski definition) is 2. The van der Waals surface area contributed by atoms with Crippen LogP contribution >= 0.6 is 0 Å². The lowest BCUT2D eigenvalue weighted by Gasteiger charge is -2.28. The first-order valence-corrected chi connectivity index (χ1v) is 10.0. The van der Waals surface area contributed by atoms with E-state index in [9.17, 15) is 4.79 Å². The van der Waals surface area contributed by atoms with E-state index in [0.29, 0.717) is 6.54 Å². The van der Waals surface area contributed by atoms with Crippen molar-refractivity contribution >= 4 is 17.3 Å². The number of piperidine rings is 1. The monoisotopic (exact) mass is 382 g/mol. The number of benzene rings is 2. The van der Waals surface area contributed by atoms with Crippen LogP contribution in [0.3, 0.4) is 0 Å². The van der Waals surface area contributed by atoms with Gasteiger partial charge in [0.25, 0.3) is 5.91 Å². The van der Waals surface area contributed by atoms with Gasteiger partial charge in [0.1, 0.15) is 6.54 Å². The summed E-state index contributed by atoms with van der Waals surface area (Å²) in [4.78, 5) is 15.9. The molecule has 0 saturated carbocycles. The number of ether oxygens (including phenoxy) is 2. The summed E-state index contributed by atoms with van der Waals surface area (Å²) in [5.74, 6) is 1.58. The van der Waals surface area contributed by atoms with E-state index < -0.39 is 0 Å². The normalized spacial score (nSPS) is 16.7. The van der Waals surface area contributed by atoms with Crippen LogP contribution in [0.15, 0.2) is 42.5 Å². The lowest BCUT2D eigenvalue weighted by molar-refractivity contribution is -0.885. The third kappa shape index (κ3) is 4.57. The van der Waals surface area contributed by atoms with Crippen molar-refractivity contribution in [2.24, 2.45) is 0 Å². The van der Waals surface area contributed by atoms with Crippen molar-refractivity contribution in [3.05, 3.63) is 48.0 Å². The summed E-state index contributed by atoms with van der Waals surface area (Å²) in [7, 11) is 2.02. The van der Waals surface area contributed by atoms with Crippen molar-refractivity contribution in [3.8, 4) is 11.5 Å². The molecule has 1 atom stereocenters. The van der Waals surface area contributed by atoms with E-state index in [1.807, 2.05) is 37.4 Å². The van der Waals surface area contributed by atoms with Crippen LogP contribution in [0.5, 0.6) is 11.5 Å². The average molecular weight is 382 g/mol. The Bertz CT molecular complexity index is 816. The molecule has 6 heteroatoms. The van der Waals surface area contributed by atoms with E-state index in [-0.39, 0.29) is 12.7 Å². The summed E-state index contributed by atoms with van der Waals surface area (Å²) in [6.45, 7) is 3.68. The van der Waals surface area contributed by atoms with Gasteiger partial charge in [-0.15, -0.1) is 0 Å². The van der Waals surface area contributed by atoms with Gasteiger partial charge in [-0.1, -0.05) is 0 Å². The maximum absolute atomic E-state index is 12.4. The lowest BCUT2D eigenvalue weighted by Crippen LogP contribution is -3.08. The molecule has 6 nitrogen and oxygen atoms in total. The second-order valence-corrected chi connectivity index (χ2v) is 7.64. The van der Waals surface area contributed by atoms with Crippen LogP contribution in [-0.4, -0.2) is 39.4 Å². The molecule has 0 bridgehead atoms. The Morgan fingerprint density at radius 1 is 1.04 bits per heavy atom. The number of carbonyl (C=O) groups excluding carboxylic acids is 1. The molecule has 0 radical (unpaired) electrons. The molecule has 28 heavy (non-hydrogen) atoms. The number of carbonyl (C=O) groups is 1. The second-order valence-electron chi connectivity index (χ2n) is 7.64. The molecule has 2 heterocycles. The molecular weight excluding hydrogens is 354 g/mol. The van der Waals surface area contributed by atoms with E-state index >= 15 is 0 Å². The van der Waals surface area contributed by atoms with Gasteiger partial charge in [-0.05, 0) is 61.7 Å². The van der Waals surface area contributed by atoms with Crippen LogP contribution in [0.4, 0.5) is 11.4 Å². The molecule has 4 rings (SSSR count). The fourth-order valence-corrected chi connectivity index (χ4v) is 3.85. The Morgan fingerprint density at radius 3 is 2.57 bits per heavy atom. The fraction of sp³-hybridized carbons (Fsp3) is 0.409. The van der Waals surface area contributed by atoms with E-state index in [2.05, 4.69) is 22.3 Å². The molecule has 2 aliphatic rings.